The molecule has 0 aliphatic carbocycles. The molecule has 4 rings (SSSR count). The number of ether oxygens (including phenoxy) is 1. The molecule has 3 aromatic rings. The Morgan fingerprint density at radius 1 is 1.11 bits per heavy atom. The molecule has 2 aromatic carbocycles. The zero-order valence-electron chi connectivity index (χ0n) is 19.5. The second-order valence-electron chi connectivity index (χ2n) is 8.42. The molecule has 35 heavy (non-hydrogen) atoms. The van der Waals surface area contributed by atoms with Crippen LogP contribution >= 0.6 is 22.9 Å². The minimum absolute atomic E-state index is 0.160. The SMILES string of the molecule is C[C@H](CCNC(=O)c1cccc(NC(=O)c2nnc(COc3ccc(Cl)cc3)s2)c1)N1CCCC1. The Bertz CT molecular complexity index is 1150. The van der Waals surface area contributed by atoms with E-state index in [4.69, 9.17) is 16.3 Å². The van der Waals surface area contributed by atoms with Crippen molar-refractivity contribution < 1.29 is 14.3 Å². The lowest BCUT2D eigenvalue weighted by Gasteiger charge is -2.23. The number of hydrogen-bond acceptors (Lipinski definition) is 7. The van der Waals surface area contributed by atoms with Crippen molar-refractivity contribution in [3.05, 3.63) is 69.1 Å². The third-order valence-electron chi connectivity index (χ3n) is 5.83. The Kier molecular flexibility index (Phi) is 8.68. The van der Waals surface area contributed by atoms with Crippen LogP contribution in [0.3, 0.4) is 0 Å². The monoisotopic (exact) mass is 513 g/mol. The molecule has 2 amide bonds. The molecule has 1 aromatic heterocycles. The fraction of sp³-hybridized carbons (Fsp3) is 0.360. The number of anilines is 1. The average Bonchev–Trinajstić information content (AvgIpc) is 3.56. The second kappa shape index (κ2) is 12.1. The van der Waals surface area contributed by atoms with Gasteiger partial charge < -0.3 is 20.3 Å². The lowest BCUT2D eigenvalue weighted by Crippen LogP contribution is -2.34. The summed E-state index contributed by atoms with van der Waals surface area (Å²) in [6.45, 7) is 5.29. The molecule has 0 saturated carbocycles. The van der Waals surface area contributed by atoms with E-state index in [1.54, 1.807) is 48.5 Å². The largest absolute Gasteiger partial charge is 0.486 e. The molecule has 8 nitrogen and oxygen atoms in total. The Labute approximate surface area is 213 Å². The molecule has 2 N–H and O–H groups in total. The zero-order valence-corrected chi connectivity index (χ0v) is 21.1. The number of aromatic nitrogens is 2. The highest BCUT2D eigenvalue weighted by Gasteiger charge is 2.18. The molecule has 184 valence electrons. The number of carbonyl (C=O) groups excluding carboxylic acids is 2. The first-order chi connectivity index (χ1) is 17.0. The summed E-state index contributed by atoms with van der Waals surface area (Å²) < 4.78 is 5.65. The molecule has 10 heteroatoms. The maximum Gasteiger partial charge on any atom is 0.286 e. The second-order valence-corrected chi connectivity index (χ2v) is 9.91. The van der Waals surface area contributed by atoms with Gasteiger partial charge in [-0.2, -0.15) is 0 Å². The van der Waals surface area contributed by atoms with Crippen LogP contribution in [0.15, 0.2) is 48.5 Å². The van der Waals surface area contributed by atoms with Crippen LogP contribution in [-0.2, 0) is 6.61 Å². The van der Waals surface area contributed by atoms with Crippen molar-refractivity contribution in [1.29, 1.82) is 0 Å². The van der Waals surface area contributed by atoms with E-state index in [1.807, 2.05) is 0 Å². The first kappa shape index (κ1) is 25.1. The Morgan fingerprint density at radius 3 is 2.66 bits per heavy atom. The quantitative estimate of drug-likeness (QED) is 0.410. The van der Waals surface area contributed by atoms with Gasteiger partial charge in [-0.1, -0.05) is 29.0 Å². The molecule has 1 fully saturated rings. The van der Waals surface area contributed by atoms with Gasteiger partial charge >= 0.3 is 0 Å². The van der Waals surface area contributed by atoms with Crippen molar-refractivity contribution >= 4 is 40.4 Å². The molecular weight excluding hydrogens is 486 g/mol. The molecule has 1 saturated heterocycles. The van der Waals surface area contributed by atoms with Gasteiger partial charge in [0.05, 0.1) is 0 Å². The number of nitrogens with zero attached hydrogens (tertiary/aromatic N) is 3. The summed E-state index contributed by atoms with van der Waals surface area (Å²) in [6.07, 6.45) is 3.42. The van der Waals surface area contributed by atoms with Gasteiger partial charge in [0, 0.05) is 28.9 Å². The minimum Gasteiger partial charge on any atom is -0.486 e. The fourth-order valence-electron chi connectivity index (χ4n) is 3.86. The van der Waals surface area contributed by atoms with Crippen LogP contribution in [0.4, 0.5) is 5.69 Å². The van der Waals surface area contributed by atoms with Crippen molar-refractivity contribution in [2.24, 2.45) is 0 Å². The van der Waals surface area contributed by atoms with Gasteiger partial charge in [0.25, 0.3) is 11.8 Å². The van der Waals surface area contributed by atoms with E-state index in [0.29, 0.717) is 39.6 Å². The smallest absolute Gasteiger partial charge is 0.286 e. The molecule has 0 unspecified atom stereocenters. The Morgan fingerprint density at radius 2 is 1.89 bits per heavy atom. The first-order valence-corrected chi connectivity index (χ1v) is 12.8. The molecule has 0 radical (unpaired) electrons. The van der Waals surface area contributed by atoms with Crippen molar-refractivity contribution in [3.8, 4) is 5.75 Å². The predicted octanol–water partition coefficient (Wildman–Crippen LogP) is 4.63. The summed E-state index contributed by atoms with van der Waals surface area (Å²) in [5.41, 5.74) is 1.01. The van der Waals surface area contributed by atoms with Gasteiger partial charge in [-0.3, -0.25) is 9.59 Å². The Hall–Kier alpha value is -3.01. The van der Waals surface area contributed by atoms with Crippen molar-refractivity contribution in [3.63, 3.8) is 0 Å². The summed E-state index contributed by atoms with van der Waals surface area (Å²) in [5.74, 6) is 0.0979. The summed E-state index contributed by atoms with van der Waals surface area (Å²) >= 11 is 7.02. The molecule has 1 aliphatic heterocycles. The van der Waals surface area contributed by atoms with Gasteiger partial charge in [0.15, 0.2) is 5.01 Å². The van der Waals surface area contributed by atoms with Crippen molar-refractivity contribution in [2.45, 2.75) is 38.8 Å². The molecule has 1 aliphatic rings. The minimum atomic E-state index is -0.391. The maximum atomic E-state index is 12.6. The summed E-state index contributed by atoms with van der Waals surface area (Å²) in [7, 11) is 0. The van der Waals surface area contributed by atoms with E-state index in [-0.39, 0.29) is 17.5 Å². The topological polar surface area (TPSA) is 96.5 Å². The maximum absolute atomic E-state index is 12.6. The van der Waals surface area contributed by atoms with Crippen LogP contribution < -0.4 is 15.4 Å². The number of rotatable bonds is 10. The normalized spacial score (nSPS) is 14.5. The van der Waals surface area contributed by atoms with E-state index >= 15 is 0 Å². The van der Waals surface area contributed by atoms with Crippen LogP contribution in [0.5, 0.6) is 5.75 Å². The number of nitrogens with one attached hydrogen (secondary N) is 2. The fourth-order valence-corrected chi connectivity index (χ4v) is 4.64. The highest BCUT2D eigenvalue weighted by atomic mass is 35.5. The number of hydrogen-bond donors (Lipinski definition) is 2. The molecule has 0 spiro atoms. The van der Waals surface area contributed by atoms with E-state index in [1.165, 1.54) is 12.8 Å². The number of benzene rings is 2. The first-order valence-electron chi connectivity index (χ1n) is 11.6. The van der Waals surface area contributed by atoms with Gasteiger partial charge in [-0.15, -0.1) is 10.2 Å². The zero-order chi connectivity index (χ0) is 24.6. The van der Waals surface area contributed by atoms with Gasteiger partial charge in [-0.05, 0) is 81.7 Å². The number of halogens is 1. The number of carbonyl (C=O) groups is 2. The number of likely N-dealkylation sites (tertiary alicyclic amines) is 1. The highest BCUT2D eigenvalue weighted by Crippen LogP contribution is 2.19. The molecule has 0 bridgehead atoms. The average molecular weight is 514 g/mol. The van der Waals surface area contributed by atoms with Crippen molar-refractivity contribution in [2.75, 3.05) is 25.0 Å². The predicted molar refractivity (Wildman–Crippen MR) is 137 cm³/mol. The number of amides is 2. The van der Waals surface area contributed by atoms with Crippen LogP contribution in [0.25, 0.3) is 0 Å². The van der Waals surface area contributed by atoms with Crippen LogP contribution in [-0.4, -0.2) is 52.6 Å². The Balaban J connectivity index is 1.26. The van der Waals surface area contributed by atoms with Gasteiger partial charge in [0.2, 0.25) is 5.01 Å². The van der Waals surface area contributed by atoms with Gasteiger partial charge in [0.1, 0.15) is 12.4 Å². The van der Waals surface area contributed by atoms with Crippen LogP contribution in [0.1, 0.15) is 51.4 Å². The molecule has 1 atom stereocenters. The van der Waals surface area contributed by atoms with Crippen LogP contribution in [0, 0.1) is 0 Å². The third-order valence-corrected chi connectivity index (χ3v) is 6.98. The van der Waals surface area contributed by atoms with Crippen LogP contribution in [0.2, 0.25) is 5.02 Å². The lowest BCUT2D eigenvalue weighted by molar-refractivity contribution is 0.0948. The van der Waals surface area contributed by atoms with Gasteiger partial charge in [-0.25, -0.2) is 0 Å². The standard InChI is InChI=1S/C25H28ClN5O3S/c1-17(31-13-2-3-14-31)11-12-27-23(32)18-5-4-6-20(15-18)28-24(33)25-30-29-22(35-25)16-34-21-9-7-19(26)8-10-21/h4-10,15,17H,2-3,11-14,16H2,1H3,(H,27,32)(H,28,33)/t17-/m1/s1. The summed E-state index contributed by atoms with van der Waals surface area (Å²) in [4.78, 5) is 27.7. The molecular formula is C25H28ClN5O3S. The summed E-state index contributed by atoms with van der Waals surface area (Å²) in [6, 6.07) is 14.3. The van der Waals surface area contributed by atoms with E-state index in [9.17, 15) is 9.59 Å². The van der Waals surface area contributed by atoms with Crippen molar-refractivity contribution in [1.82, 2.24) is 20.4 Å². The van der Waals surface area contributed by atoms with E-state index < -0.39 is 5.91 Å². The highest BCUT2D eigenvalue weighted by molar-refractivity contribution is 7.13. The summed E-state index contributed by atoms with van der Waals surface area (Å²) in [5, 5.41) is 15.2. The third kappa shape index (κ3) is 7.24. The molecule has 2 heterocycles. The van der Waals surface area contributed by atoms with E-state index in [2.05, 4.69) is 32.7 Å². The lowest BCUT2D eigenvalue weighted by atomic mass is 10.1. The van der Waals surface area contributed by atoms with E-state index in [0.717, 1.165) is 30.8 Å².